The number of nitrogens with one attached hydrogen (secondary N) is 1. The number of ether oxygens (including phenoxy) is 1. The molecule has 0 aromatic carbocycles. The third-order valence-electron chi connectivity index (χ3n) is 4.06. The molecule has 1 aliphatic heterocycles. The highest BCUT2D eigenvalue weighted by Crippen LogP contribution is 2.37. The number of morpholine rings is 1. The molecule has 1 N–H and O–H groups in total. The van der Waals surface area contributed by atoms with Crippen LogP contribution in [0.15, 0.2) is 0 Å². The van der Waals surface area contributed by atoms with Crippen LogP contribution in [0.4, 0.5) is 0 Å². The average molecular weight is 211 g/mol. The molecule has 15 heavy (non-hydrogen) atoms. The van der Waals surface area contributed by atoms with Crippen molar-refractivity contribution in [2.45, 2.75) is 69.9 Å². The number of unbranched alkanes of at least 4 members (excludes halogenated alkanes) is 1. The van der Waals surface area contributed by atoms with Crippen LogP contribution < -0.4 is 5.32 Å². The molecule has 2 fully saturated rings. The summed E-state index contributed by atoms with van der Waals surface area (Å²) >= 11 is 0. The number of hydrogen-bond acceptors (Lipinski definition) is 2. The first-order valence-electron chi connectivity index (χ1n) is 6.75. The van der Waals surface area contributed by atoms with Gasteiger partial charge in [0.15, 0.2) is 0 Å². The smallest absolute Gasteiger partial charge is 0.0835 e. The Bertz CT molecular complexity index is 179. The van der Waals surface area contributed by atoms with E-state index >= 15 is 0 Å². The molecule has 1 atom stereocenters. The lowest BCUT2D eigenvalue weighted by atomic mass is 9.77. The summed E-state index contributed by atoms with van der Waals surface area (Å²) in [6.45, 7) is 4.25. The molecule has 0 aromatic rings. The van der Waals surface area contributed by atoms with E-state index in [1.54, 1.807) is 0 Å². The van der Waals surface area contributed by atoms with Gasteiger partial charge >= 0.3 is 0 Å². The summed E-state index contributed by atoms with van der Waals surface area (Å²) < 4.78 is 6.15. The maximum absolute atomic E-state index is 6.15. The predicted octanol–water partition coefficient (Wildman–Crippen LogP) is 2.87. The molecule has 1 unspecified atom stereocenters. The molecule has 2 nitrogen and oxygen atoms in total. The van der Waals surface area contributed by atoms with Crippen LogP contribution in [0.2, 0.25) is 0 Å². The number of rotatable bonds is 3. The van der Waals surface area contributed by atoms with Gasteiger partial charge in [-0.15, -0.1) is 0 Å². The van der Waals surface area contributed by atoms with E-state index in [2.05, 4.69) is 12.2 Å². The fourth-order valence-electron chi connectivity index (χ4n) is 3.19. The van der Waals surface area contributed by atoms with Gasteiger partial charge in [0.25, 0.3) is 0 Å². The maximum Gasteiger partial charge on any atom is 0.0835 e. The molecule has 0 radical (unpaired) electrons. The van der Waals surface area contributed by atoms with E-state index in [-0.39, 0.29) is 5.60 Å². The van der Waals surface area contributed by atoms with E-state index in [9.17, 15) is 0 Å². The van der Waals surface area contributed by atoms with Crippen molar-refractivity contribution in [3.63, 3.8) is 0 Å². The van der Waals surface area contributed by atoms with Crippen molar-refractivity contribution in [1.82, 2.24) is 5.32 Å². The van der Waals surface area contributed by atoms with Crippen molar-refractivity contribution in [2.75, 3.05) is 13.2 Å². The largest absolute Gasteiger partial charge is 0.372 e. The molecule has 0 amide bonds. The van der Waals surface area contributed by atoms with Crippen LogP contribution in [0, 0.1) is 0 Å². The zero-order chi connectivity index (χ0) is 10.6. The quantitative estimate of drug-likeness (QED) is 0.775. The van der Waals surface area contributed by atoms with Gasteiger partial charge in [-0.2, -0.15) is 0 Å². The van der Waals surface area contributed by atoms with Crippen molar-refractivity contribution in [3.8, 4) is 0 Å². The molecule has 0 bridgehead atoms. The molecule has 2 aliphatic rings. The van der Waals surface area contributed by atoms with E-state index in [1.807, 2.05) is 0 Å². The van der Waals surface area contributed by atoms with E-state index in [0.717, 1.165) is 13.2 Å². The fourth-order valence-corrected chi connectivity index (χ4v) is 3.19. The first-order chi connectivity index (χ1) is 7.37. The molecule has 1 spiro atoms. The van der Waals surface area contributed by atoms with Crippen molar-refractivity contribution in [1.29, 1.82) is 0 Å². The van der Waals surface area contributed by atoms with Crippen molar-refractivity contribution >= 4 is 0 Å². The van der Waals surface area contributed by atoms with Gasteiger partial charge in [-0.3, -0.25) is 0 Å². The minimum absolute atomic E-state index is 0.214. The molecule has 1 saturated heterocycles. The van der Waals surface area contributed by atoms with Gasteiger partial charge in [-0.25, -0.2) is 0 Å². The van der Waals surface area contributed by atoms with Gasteiger partial charge < -0.3 is 10.1 Å². The third-order valence-corrected chi connectivity index (χ3v) is 4.06. The summed E-state index contributed by atoms with van der Waals surface area (Å²) in [6.07, 6.45) is 10.6. The second kappa shape index (κ2) is 5.31. The van der Waals surface area contributed by atoms with Crippen LogP contribution in [0.1, 0.15) is 58.3 Å². The molecule has 88 valence electrons. The highest BCUT2D eigenvalue weighted by atomic mass is 16.5. The van der Waals surface area contributed by atoms with Crippen LogP contribution in [-0.2, 0) is 4.74 Å². The van der Waals surface area contributed by atoms with Crippen molar-refractivity contribution in [2.24, 2.45) is 0 Å². The summed E-state index contributed by atoms with van der Waals surface area (Å²) in [5.74, 6) is 0. The highest BCUT2D eigenvalue weighted by molar-refractivity contribution is 4.97. The SMILES string of the molecule is CCCCC1NCCOC12CCCCC2. The Balaban J connectivity index is 1.97. The van der Waals surface area contributed by atoms with Crippen LogP contribution in [0.3, 0.4) is 0 Å². The van der Waals surface area contributed by atoms with Crippen LogP contribution in [-0.4, -0.2) is 24.8 Å². The summed E-state index contributed by atoms with van der Waals surface area (Å²) in [7, 11) is 0. The third kappa shape index (κ3) is 2.54. The fraction of sp³-hybridized carbons (Fsp3) is 1.00. The number of hydrogen-bond donors (Lipinski definition) is 1. The predicted molar refractivity (Wildman–Crippen MR) is 63.1 cm³/mol. The van der Waals surface area contributed by atoms with Gasteiger partial charge in [0.2, 0.25) is 0 Å². The second-order valence-corrected chi connectivity index (χ2v) is 5.12. The standard InChI is InChI=1S/C13H25NO/c1-2-3-7-12-13(15-11-10-14-12)8-5-4-6-9-13/h12,14H,2-11H2,1H3. The topological polar surface area (TPSA) is 21.3 Å². The van der Waals surface area contributed by atoms with E-state index in [1.165, 1.54) is 51.4 Å². The lowest BCUT2D eigenvalue weighted by Gasteiger charge is -2.47. The summed E-state index contributed by atoms with van der Waals surface area (Å²) in [5.41, 5.74) is 0.214. The van der Waals surface area contributed by atoms with E-state index < -0.39 is 0 Å². The average Bonchev–Trinajstić information content (AvgIpc) is 2.29. The van der Waals surface area contributed by atoms with Crippen LogP contribution >= 0.6 is 0 Å². The zero-order valence-corrected chi connectivity index (χ0v) is 10.1. The van der Waals surface area contributed by atoms with Crippen molar-refractivity contribution < 1.29 is 4.74 Å². The van der Waals surface area contributed by atoms with Crippen LogP contribution in [0.5, 0.6) is 0 Å². The lowest BCUT2D eigenvalue weighted by molar-refractivity contribution is -0.119. The van der Waals surface area contributed by atoms with Gasteiger partial charge in [-0.05, 0) is 19.3 Å². The highest BCUT2D eigenvalue weighted by Gasteiger charge is 2.42. The Morgan fingerprint density at radius 2 is 2.07 bits per heavy atom. The molecular formula is C13H25NO. The Morgan fingerprint density at radius 1 is 1.27 bits per heavy atom. The van der Waals surface area contributed by atoms with Gasteiger partial charge in [0.05, 0.1) is 12.2 Å². The van der Waals surface area contributed by atoms with Crippen molar-refractivity contribution in [3.05, 3.63) is 0 Å². The Labute approximate surface area is 93.8 Å². The zero-order valence-electron chi connectivity index (χ0n) is 10.1. The molecule has 0 aromatic heterocycles. The molecule has 2 rings (SSSR count). The summed E-state index contributed by atoms with van der Waals surface area (Å²) in [6, 6.07) is 0.631. The van der Waals surface area contributed by atoms with Crippen LogP contribution in [0.25, 0.3) is 0 Å². The monoisotopic (exact) mass is 211 g/mol. The first-order valence-corrected chi connectivity index (χ1v) is 6.75. The lowest BCUT2D eigenvalue weighted by Crippen LogP contribution is -2.58. The maximum atomic E-state index is 6.15. The minimum atomic E-state index is 0.214. The summed E-state index contributed by atoms with van der Waals surface area (Å²) in [4.78, 5) is 0. The molecule has 1 heterocycles. The first kappa shape index (κ1) is 11.4. The normalized spacial score (nSPS) is 30.6. The van der Waals surface area contributed by atoms with E-state index in [0.29, 0.717) is 6.04 Å². The van der Waals surface area contributed by atoms with Gasteiger partial charge in [0, 0.05) is 12.6 Å². The van der Waals surface area contributed by atoms with E-state index in [4.69, 9.17) is 4.74 Å². The molecule has 2 heteroatoms. The second-order valence-electron chi connectivity index (χ2n) is 5.12. The molecule has 1 aliphatic carbocycles. The molecular weight excluding hydrogens is 186 g/mol. The summed E-state index contributed by atoms with van der Waals surface area (Å²) in [5, 5.41) is 3.69. The minimum Gasteiger partial charge on any atom is -0.372 e. The molecule has 1 saturated carbocycles. The van der Waals surface area contributed by atoms with Gasteiger partial charge in [0.1, 0.15) is 0 Å². The Hall–Kier alpha value is -0.0800. The van der Waals surface area contributed by atoms with Gasteiger partial charge in [-0.1, -0.05) is 39.0 Å². The Morgan fingerprint density at radius 3 is 2.80 bits per heavy atom. The Kier molecular flexibility index (Phi) is 4.04.